The van der Waals surface area contributed by atoms with Crippen LogP contribution < -0.4 is 9.47 Å². The van der Waals surface area contributed by atoms with Gasteiger partial charge in [-0.3, -0.25) is 0 Å². The van der Waals surface area contributed by atoms with Crippen LogP contribution in [0.2, 0.25) is 0 Å². The zero-order chi connectivity index (χ0) is 14.3. The number of ether oxygens (including phenoxy) is 2. The minimum Gasteiger partial charge on any atom is -0.490 e. The van der Waals surface area contributed by atoms with Gasteiger partial charge in [0.05, 0.1) is 6.61 Å². The molecule has 0 heterocycles. The fraction of sp³-hybridized carbons (Fsp3) is 0.538. The molecule has 1 atom stereocenters. The highest BCUT2D eigenvalue weighted by atomic mass is 35.5. The van der Waals surface area contributed by atoms with Gasteiger partial charge in [0.25, 0.3) is 0 Å². The van der Waals surface area contributed by atoms with E-state index in [4.69, 9.17) is 16.3 Å². The molecule has 0 radical (unpaired) electrons. The Morgan fingerprint density at radius 2 is 1.79 bits per heavy atom. The van der Waals surface area contributed by atoms with Gasteiger partial charge in [0, 0.05) is 5.88 Å². The fourth-order valence-electron chi connectivity index (χ4n) is 1.48. The molecule has 1 aromatic carbocycles. The molecule has 108 valence electrons. The Morgan fingerprint density at radius 3 is 2.37 bits per heavy atom. The molecule has 0 bridgehead atoms. The molecule has 6 heteroatoms. The Morgan fingerprint density at radius 1 is 1.16 bits per heavy atom. The Kier molecular flexibility index (Phi) is 6.28. The minimum absolute atomic E-state index is 0.0953. The molecule has 0 aliphatic carbocycles. The van der Waals surface area contributed by atoms with E-state index >= 15 is 0 Å². The van der Waals surface area contributed by atoms with Crippen molar-refractivity contribution in [1.82, 2.24) is 0 Å². The molecule has 0 aliphatic rings. The lowest BCUT2D eigenvalue weighted by atomic mass is 10.1. The molecule has 0 amide bonds. The number of alkyl halides is 4. The maximum atomic E-state index is 12.2. The minimum atomic E-state index is -4.72. The molecule has 0 aliphatic heterocycles. The average Bonchev–Trinajstić information content (AvgIpc) is 2.30. The van der Waals surface area contributed by atoms with Gasteiger partial charge in [0.2, 0.25) is 0 Å². The van der Waals surface area contributed by atoms with Crippen LogP contribution in [0.5, 0.6) is 11.5 Å². The van der Waals surface area contributed by atoms with Crippen LogP contribution in [0.15, 0.2) is 24.3 Å². The highest BCUT2D eigenvalue weighted by molar-refractivity contribution is 6.17. The number of rotatable bonds is 7. The Labute approximate surface area is 115 Å². The summed E-state index contributed by atoms with van der Waals surface area (Å²) in [5, 5.41) is 0. The molecule has 1 unspecified atom stereocenters. The van der Waals surface area contributed by atoms with E-state index in [1.807, 2.05) is 6.92 Å². The first-order valence-corrected chi connectivity index (χ1v) is 6.49. The maximum absolute atomic E-state index is 12.2. The van der Waals surface area contributed by atoms with Crippen LogP contribution in [-0.4, -0.2) is 18.8 Å². The largest absolute Gasteiger partial charge is 0.573 e. The van der Waals surface area contributed by atoms with Gasteiger partial charge in [0.1, 0.15) is 0 Å². The first-order chi connectivity index (χ1) is 8.92. The standard InChI is InChI=1S/C13H16ClF3O2/c1-10(6-8-14)7-9-18-11-4-2-3-5-12(11)19-13(15,16)17/h2-5,10H,6-9H2,1H3. The molecule has 0 saturated heterocycles. The van der Waals surface area contributed by atoms with E-state index < -0.39 is 6.36 Å². The highest BCUT2D eigenvalue weighted by Crippen LogP contribution is 2.31. The lowest BCUT2D eigenvalue weighted by molar-refractivity contribution is -0.275. The van der Waals surface area contributed by atoms with Crippen LogP contribution in [0.3, 0.4) is 0 Å². The van der Waals surface area contributed by atoms with Crippen LogP contribution in [-0.2, 0) is 0 Å². The van der Waals surface area contributed by atoms with Gasteiger partial charge in [-0.2, -0.15) is 0 Å². The van der Waals surface area contributed by atoms with E-state index in [2.05, 4.69) is 4.74 Å². The number of para-hydroxylation sites is 2. The molecule has 1 rings (SSSR count). The van der Waals surface area contributed by atoms with Gasteiger partial charge in [0.15, 0.2) is 11.5 Å². The molecule has 1 aromatic rings. The summed E-state index contributed by atoms with van der Waals surface area (Å²) in [5.74, 6) is 0.709. The molecule has 0 N–H and O–H groups in total. The Bertz CT molecular complexity index is 382. The monoisotopic (exact) mass is 296 g/mol. The van der Waals surface area contributed by atoms with Crippen LogP contribution >= 0.6 is 11.6 Å². The van der Waals surface area contributed by atoms with Gasteiger partial charge in [-0.15, -0.1) is 24.8 Å². The van der Waals surface area contributed by atoms with Gasteiger partial charge in [-0.25, -0.2) is 0 Å². The van der Waals surface area contributed by atoms with E-state index in [0.29, 0.717) is 18.4 Å². The van der Waals surface area contributed by atoms with Crippen molar-refractivity contribution in [2.24, 2.45) is 5.92 Å². The van der Waals surface area contributed by atoms with E-state index in [1.165, 1.54) is 18.2 Å². The third kappa shape index (κ3) is 6.57. The maximum Gasteiger partial charge on any atom is 0.573 e. The number of hydrogen-bond donors (Lipinski definition) is 0. The molecule has 0 fully saturated rings. The van der Waals surface area contributed by atoms with Crippen molar-refractivity contribution in [3.05, 3.63) is 24.3 Å². The Hall–Kier alpha value is -1.10. The van der Waals surface area contributed by atoms with Crippen LogP contribution in [0, 0.1) is 5.92 Å². The topological polar surface area (TPSA) is 18.5 Å². The second-order valence-corrected chi connectivity index (χ2v) is 4.59. The van der Waals surface area contributed by atoms with E-state index in [9.17, 15) is 13.2 Å². The summed E-state index contributed by atoms with van der Waals surface area (Å²) >= 11 is 5.60. The van der Waals surface area contributed by atoms with Gasteiger partial charge < -0.3 is 9.47 Å². The zero-order valence-electron chi connectivity index (χ0n) is 10.5. The second kappa shape index (κ2) is 7.48. The normalized spacial score (nSPS) is 13.1. The van der Waals surface area contributed by atoms with Crippen molar-refractivity contribution in [2.45, 2.75) is 26.1 Å². The lowest BCUT2D eigenvalue weighted by Crippen LogP contribution is -2.18. The lowest BCUT2D eigenvalue weighted by Gasteiger charge is -2.15. The average molecular weight is 297 g/mol. The summed E-state index contributed by atoms with van der Waals surface area (Å²) in [6.07, 6.45) is -3.13. The molecule has 0 saturated carbocycles. The quantitative estimate of drug-likeness (QED) is 0.684. The third-order valence-electron chi connectivity index (χ3n) is 2.54. The van der Waals surface area contributed by atoms with E-state index in [0.717, 1.165) is 12.8 Å². The molecule has 0 aromatic heterocycles. The summed E-state index contributed by atoms with van der Waals surface area (Å²) in [7, 11) is 0. The molecular weight excluding hydrogens is 281 g/mol. The SMILES string of the molecule is CC(CCCl)CCOc1ccccc1OC(F)(F)F. The van der Waals surface area contributed by atoms with Crippen molar-refractivity contribution in [3.8, 4) is 11.5 Å². The second-order valence-electron chi connectivity index (χ2n) is 4.21. The van der Waals surface area contributed by atoms with Crippen molar-refractivity contribution < 1.29 is 22.6 Å². The highest BCUT2D eigenvalue weighted by Gasteiger charge is 2.32. The predicted molar refractivity (Wildman–Crippen MR) is 67.7 cm³/mol. The molecular formula is C13H16ClF3O2. The molecule has 2 nitrogen and oxygen atoms in total. The summed E-state index contributed by atoms with van der Waals surface area (Å²) in [6, 6.07) is 5.74. The van der Waals surface area contributed by atoms with Gasteiger partial charge in [-0.1, -0.05) is 19.1 Å². The molecule has 19 heavy (non-hydrogen) atoms. The van der Waals surface area contributed by atoms with E-state index in [-0.39, 0.29) is 11.5 Å². The zero-order valence-corrected chi connectivity index (χ0v) is 11.3. The number of benzene rings is 1. The van der Waals surface area contributed by atoms with E-state index in [1.54, 1.807) is 6.07 Å². The summed E-state index contributed by atoms with van der Waals surface area (Å²) in [4.78, 5) is 0. The first-order valence-electron chi connectivity index (χ1n) is 5.96. The summed E-state index contributed by atoms with van der Waals surface area (Å²) in [6.45, 7) is 2.35. The summed E-state index contributed by atoms with van der Waals surface area (Å²) in [5.41, 5.74) is 0. The van der Waals surface area contributed by atoms with Crippen LogP contribution in [0.4, 0.5) is 13.2 Å². The first kappa shape index (κ1) is 16.0. The molecule has 0 spiro atoms. The van der Waals surface area contributed by atoms with Crippen molar-refractivity contribution >= 4 is 11.6 Å². The van der Waals surface area contributed by atoms with Crippen LogP contribution in [0.25, 0.3) is 0 Å². The van der Waals surface area contributed by atoms with Crippen molar-refractivity contribution in [2.75, 3.05) is 12.5 Å². The van der Waals surface area contributed by atoms with Crippen molar-refractivity contribution in [1.29, 1.82) is 0 Å². The third-order valence-corrected chi connectivity index (χ3v) is 2.76. The predicted octanol–water partition coefficient (Wildman–Crippen LogP) is 4.62. The Balaban J connectivity index is 2.53. The van der Waals surface area contributed by atoms with Crippen LogP contribution in [0.1, 0.15) is 19.8 Å². The van der Waals surface area contributed by atoms with Crippen molar-refractivity contribution in [3.63, 3.8) is 0 Å². The summed E-state index contributed by atoms with van der Waals surface area (Å²) < 4.78 is 45.8. The number of hydrogen-bond acceptors (Lipinski definition) is 2. The number of halogens is 4. The smallest absolute Gasteiger partial charge is 0.490 e. The van der Waals surface area contributed by atoms with Gasteiger partial charge >= 0.3 is 6.36 Å². The fourth-order valence-corrected chi connectivity index (χ4v) is 1.85. The van der Waals surface area contributed by atoms with Gasteiger partial charge in [-0.05, 0) is 30.9 Å².